The molecule has 0 unspecified atom stereocenters. The molecule has 9 heteroatoms. The van der Waals surface area contributed by atoms with Crippen LogP contribution < -0.4 is 5.43 Å². The first-order valence-electron chi connectivity index (χ1n) is 8.16. The molecule has 2 saturated heterocycles. The zero-order valence-corrected chi connectivity index (χ0v) is 15.9. The summed E-state index contributed by atoms with van der Waals surface area (Å²) < 4.78 is 13.3. The van der Waals surface area contributed by atoms with Crippen LogP contribution in [0.4, 0.5) is 4.39 Å². The van der Waals surface area contributed by atoms with Gasteiger partial charge in [0.25, 0.3) is 11.8 Å². The molecule has 0 atom stereocenters. The number of hydrogen-bond donors (Lipinski definition) is 1. The lowest BCUT2D eigenvalue weighted by Crippen LogP contribution is -2.54. The Hall–Kier alpha value is -1.81. The smallest absolute Gasteiger partial charge is 0.266 e. The molecule has 0 saturated carbocycles. The summed E-state index contributed by atoms with van der Waals surface area (Å²) in [5, 5.41) is 1.86. The molecule has 6 nitrogen and oxygen atoms in total. The van der Waals surface area contributed by atoms with Gasteiger partial charge in [0.1, 0.15) is 16.7 Å². The van der Waals surface area contributed by atoms with Crippen molar-refractivity contribution in [1.29, 1.82) is 0 Å². The second-order valence-corrected chi connectivity index (χ2v) is 7.82. The van der Waals surface area contributed by atoms with Gasteiger partial charge in [-0.1, -0.05) is 36.1 Å². The Morgan fingerprint density at radius 2 is 1.92 bits per heavy atom. The molecule has 0 spiro atoms. The van der Waals surface area contributed by atoms with Crippen molar-refractivity contribution < 1.29 is 14.0 Å². The van der Waals surface area contributed by atoms with E-state index < -0.39 is 0 Å². The van der Waals surface area contributed by atoms with Gasteiger partial charge in [-0.25, -0.2) is 9.40 Å². The number of thioether (sulfide) groups is 1. The van der Waals surface area contributed by atoms with Gasteiger partial charge in [0.05, 0.1) is 4.91 Å². The number of halogens is 1. The van der Waals surface area contributed by atoms with Gasteiger partial charge in [0, 0.05) is 26.2 Å². The Balaban J connectivity index is 1.60. The molecule has 2 aliphatic heterocycles. The maximum Gasteiger partial charge on any atom is 0.266 e. The van der Waals surface area contributed by atoms with Crippen molar-refractivity contribution in [3.63, 3.8) is 0 Å². The number of amides is 2. The molecule has 0 bridgehead atoms. The minimum Gasteiger partial charge on any atom is -0.304 e. The first kappa shape index (κ1) is 19.0. The maximum absolute atomic E-state index is 13.0. The molecule has 0 aromatic heterocycles. The van der Waals surface area contributed by atoms with Gasteiger partial charge in [-0.3, -0.25) is 19.9 Å². The fourth-order valence-corrected chi connectivity index (χ4v) is 3.88. The summed E-state index contributed by atoms with van der Waals surface area (Å²) in [4.78, 5) is 28.7. The van der Waals surface area contributed by atoms with Gasteiger partial charge in [0.2, 0.25) is 0 Å². The number of hydrazine groups is 1. The van der Waals surface area contributed by atoms with E-state index in [4.69, 9.17) is 12.2 Å². The highest BCUT2D eigenvalue weighted by Crippen LogP contribution is 2.32. The third-order valence-corrected chi connectivity index (χ3v) is 5.51. The van der Waals surface area contributed by atoms with E-state index in [0.717, 1.165) is 37.9 Å². The summed E-state index contributed by atoms with van der Waals surface area (Å²) >= 11 is 6.38. The number of likely N-dealkylation sites (N-methyl/N-ethyl adjacent to an activating group) is 1. The number of carbonyl (C=O) groups excluding carboxylic acids is 2. The number of nitrogens with zero attached hydrogens (tertiary/aromatic N) is 3. The average molecular weight is 394 g/mol. The lowest BCUT2D eigenvalue weighted by Gasteiger charge is -2.32. The summed E-state index contributed by atoms with van der Waals surface area (Å²) in [6.45, 7) is 3.12. The zero-order valence-electron chi connectivity index (χ0n) is 14.3. The number of hydrogen-bond acceptors (Lipinski definition) is 6. The van der Waals surface area contributed by atoms with Crippen LogP contribution in [0.3, 0.4) is 0 Å². The fraction of sp³-hybridized carbons (Fsp3) is 0.353. The van der Waals surface area contributed by atoms with Crippen molar-refractivity contribution in [2.45, 2.75) is 0 Å². The van der Waals surface area contributed by atoms with E-state index >= 15 is 0 Å². The quantitative estimate of drug-likeness (QED) is 0.614. The van der Waals surface area contributed by atoms with Crippen molar-refractivity contribution in [2.24, 2.45) is 0 Å². The molecular formula is C17H19FN4O2S2. The number of thiocarbonyl (C=S) groups is 1. The van der Waals surface area contributed by atoms with Crippen molar-refractivity contribution in [1.82, 2.24) is 20.2 Å². The number of rotatable bonds is 4. The van der Waals surface area contributed by atoms with Crippen LogP contribution in [0.1, 0.15) is 5.56 Å². The van der Waals surface area contributed by atoms with E-state index in [1.807, 2.05) is 12.1 Å². The van der Waals surface area contributed by atoms with Crippen molar-refractivity contribution in [3.05, 3.63) is 40.6 Å². The van der Waals surface area contributed by atoms with Crippen LogP contribution >= 0.6 is 24.0 Å². The molecule has 1 N–H and O–H groups in total. The first-order chi connectivity index (χ1) is 12.4. The second-order valence-electron chi connectivity index (χ2n) is 6.14. The Labute approximate surface area is 161 Å². The molecule has 2 aliphatic rings. The summed E-state index contributed by atoms with van der Waals surface area (Å²) in [6, 6.07) is 5.83. The van der Waals surface area contributed by atoms with Crippen molar-refractivity contribution in [3.8, 4) is 0 Å². The lowest BCUT2D eigenvalue weighted by atomic mass is 10.2. The van der Waals surface area contributed by atoms with Crippen LogP contribution in [-0.2, 0) is 9.59 Å². The molecule has 3 rings (SSSR count). The lowest BCUT2D eigenvalue weighted by molar-refractivity contribution is -0.132. The van der Waals surface area contributed by atoms with Gasteiger partial charge >= 0.3 is 0 Å². The van der Waals surface area contributed by atoms with Gasteiger partial charge in [-0.05, 0) is 30.8 Å². The van der Waals surface area contributed by atoms with E-state index in [-0.39, 0.29) is 24.2 Å². The minimum atomic E-state index is -0.338. The Morgan fingerprint density at radius 3 is 2.58 bits per heavy atom. The standard InChI is InChI=1S/C17H19FN4O2S2/c1-20-6-8-21(9-7-20)19-15(23)11-22-16(24)14(26-17(22)25)10-12-2-4-13(18)5-3-12/h2-5,10H,6-9,11H2,1H3,(H,19,23)/b14-10-. The van der Waals surface area contributed by atoms with Crippen LogP contribution in [0.2, 0.25) is 0 Å². The molecule has 26 heavy (non-hydrogen) atoms. The van der Waals surface area contributed by atoms with Crippen LogP contribution in [0.15, 0.2) is 29.2 Å². The molecule has 138 valence electrons. The van der Waals surface area contributed by atoms with Crippen LogP contribution in [0.5, 0.6) is 0 Å². The third kappa shape index (κ3) is 4.67. The Morgan fingerprint density at radius 1 is 1.27 bits per heavy atom. The van der Waals surface area contributed by atoms with Gasteiger partial charge in [-0.15, -0.1) is 0 Å². The highest BCUT2D eigenvalue weighted by molar-refractivity contribution is 8.26. The Bertz CT molecular complexity index is 746. The summed E-state index contributed by atoms with van der Waals surface area (Å²) in [6.07, 6.45) is 1.65. The topological polar surface area (TPSA) is 55.9 Å². The number of carbonyl (C=O) groups is 2. The molecule has 0 aliphatic carbocycles. The van der Waals surface area contributed by atoms with E-state index in [9.17, 15) is 14.0 Å². The summed E-state index contributed by atoms with van der Waals surface area (Å²) in [5.41, 5.74) is 3.52. The number of benzene rings is 1. The summed E-state index contributed by atoms with van der Waals surface area (Å²) in [5.74, 6) is -0.915. The van der Waals surface area contributed by atoms with E-state index in [1.165, 1.54) is 17.0 Å². The normalized spacial score (nSPS) is 20.8. The number of piperazine rings is 1. The second kappa shape index (κ2) is 8.26. The molecule has 1 aromatic carbocycles. The van der Waals surface area contributed by atoms with E-state index in [1.54, 1.807) is 18.2 Å². The largest absolute Gasteiger partial charge is 0.304 e. The van der Waals surface area contributed by atoms with E-state index in [0.29, 0.717) is 14.8 Å². The van der Waals surface area contributed by atoms with Gasteiger partial charge < -0.3 is 4.90 Å². The molecule has 2 fully saturated rings. The SMILES string of the molecule is CN1CCN(NC(=O)CN2C(=O)/C(=C/c3ccc(F)cc3)SC2=S)CC1. The predicted octanol–water partition coefficient (Wildman–Crippen LogP) is 1.31. The fourth-order valence-electron chi connectivity index (χ4n) is 2.62. The monoisotopic (exact) mass is 394 g/mol. The zero-order chi connectivity index (χ0) is 18.7. The Kier molecular flexibility index (Phi) is 6.02. The van der Waals surface area contributed by atoms with Crippen LogP contribution in [-0.4, -0.2) is 70.7 Å². The number of nitrogens with one attached hydrogen (secondary N) is 1. The average Bonchev–Trinajstić information content (AvgIpc) is 2.86. The molecule has 1 aromatic rings. The minimum absolute atomic E-state index is 0.113. The molecule has 0 radical (unpaired) electrons. The van der Waals surface area contributed by atoms with Crippen molar-refractivity contribution in [2.75, 3.05) is 39.8 Å². The van der Waals surface area contributed by atoms with Crippen molar-refractivity contribution >= 4 is 46.2 Å². The molecule has 2 heterocycles. The predicted molar refractivity (Wildman–Crippen MR) is 103 cm³/mol. The first-order valence-corrected chi connectivity index (χ1v) is 9.39. The highest BCUT2D eigenvalue weighted by Gasteiger charge is 2.33. The third-order valence-electron chi connectivity index (χ3n) is 4.13. The van der Waals surface area contributed by atoms with Gasteiger partial charge in [-0.2, -0.15) is 0 Å². The van der Waals surface area contributed by atoms with Gasteiger partial charge in [0.15, 0.2) is 0 Å². The molecule has 2 amide bonds. The maximum atomic E-state index is 13.0. The molecular weight excluding hydrogens is 375 g/mol. The van der Waals surface area contributed by atoms with Crippen LogP contribution in [0.25, 0.3) is 6.08 Å². The summed E-state index contributed by atoms with van der Waals surface area (Å²) in [7, 11) is 2.03. The van der Waals surface area contributed by atoms with E-state index in [2.05, 4.69) is 10.3 Å². The van der Waals surface area contributed by atoms with Crippen LogP contribution in [0, 0.1) is 5.82 Å². The highest BCUT2D eigenvalue weighted by atomic mass is 32.2.